The van der Waals surface area contributed by atoms with Crippen LogP contribution in [0.25, 0.3) is 11.1 Å². The van der Waals surface area contributed by atoms with Gasteiger partial charge in [-0.15, -0.1) is 0 Å². The highest BCUT2D eigenvalue weighted by Crippen LogP contribution is 2.26. The van der Waals surface area contributed by atoms with Crippen molar-refractivity contribution in [2.75, 3.05) is 0 Å². The highest BCUT2D eigenvalue weighted by molar-refractivity contribution is 6.35. The summed E-state index contributed by atoms with van der Waals surface area (Å²) in [6, 6.07) is 13.3. The number of aromatic nitrogens is 1. The minimum absolute atomic E-state index is 0.0739. The van der Waals surface area contributed by atoms with Crippen molar-refractivity contribution in [3.63, 3.8) is 0 Å². The Kier molecular flexibility index (Phi) is 4.15. The van der Waals surface area contributed by atoms with Crippen molar-refractivity contribution in [1.29, 1.82) is 0 Å². The Balaban J connectivity index is 1.71. The fourth-order valence-electron chi connectivity index (χ4n) is 2.20. The molecule has 1 N–H and O–H groups in total. The molecule has 2 aromatic carbocycles. The predicted molar refractivity (Wildman–Crippen MR) is 85.7 cm³/mol. The lowest BCUT2D eigenvalue weighted by molar-refractivity contribution is 0.467. The van der Waals surface area contributed by atoms with E-state index >= 15 is 0 Å². The van der Waals surface area contributed by atoms with Crippen LogP contribution in [0.3, 0.4) is 0 Å². The summed E-state index contributed by atoms with van der Waals surface area (Å²) in [6.07, 6.45) is 0. The van der Waals surface area contributed by atoms with Crippen molar-refractivity contribution in [1.82, 2.24) is 10.3 Å². The van der Waals surface area contributed by atoms with Gasteiger partial charge in [0.25, 0.3) is 0 Å². The van der Waals surface area contributed by atoms with Gasteiger partial charge in [0.05, 0.1) is 6.54 Å². The molecule has 3 nitrogen and oxygen atoms in total. The number of fused-ring (bicyclic) bond motifs is 1. The molecule has 0 aliphatic heterocycles. The van der Waals surface area contributed by atoms with Gasteiger partial charge in [-0.2, -0.15) is 0 Å². The molecule has 0 saturated carbocycles. The largest absolute Gasteiger partial charge is 0.439 e. The molecule has 0 fully saturated rings. The molecular formula is C16H14Cl2N2O. The first kappa shape index (κ1) is 14.4. The number of hydrogen-bond donors (Lipinski definition) is 1. The number of halogens is 2. The molecule has 1 unspecified atom stereocenters. The number of rotatable bonds is 4. The van der Waals surface area contributed by atoms with Crippen molar-refractivity contribution >= 4 is 34.3 Å². The van der Waals surface area contributed by atoms with Crippen molar-refractivity contribution in [2.45, 2.75) is 19.5 Å². The van der Waals surface area contributed by atoms with Crippen LogP contribution in [-0.4, -0.2) is 4.98 Å². The fraction of sp³-hybridized carbons (Fsp3) is 0.188. The second-order valence-electron chi connectivity index (χ2n) is 4.84. The van der Waals surface area contributed by atoms with Crippen molar-refractivity contribution in [2.24, 2.45) is 0 Å². The molecule has 0 spiro atoms. The van der Waals surface area contributed by atoms with Gasteiger partial charge in [-0.25, -0.2) is 4.98 Å². The summed E-state index contributed by atoms with van der Waals surface area (Å²) in [7, 11) is 0. The predicted octanol–water partition coefficient (Wildman–Crippen LogP) is 4.99. The molecule has 3 aromatic rings. The zero-order chi connectivity index (χ0) is 14.8. The SMILES string of the molecule is CC(NCc1nc2ccccc2o1)c1ccc(Cl)cc1Cl. The van der Waals surface area contributed by atoms with E-state index in [9.17, 15) is 0 Å². The number of oxazole rings is 1. The molecule has 21 heavy (non-hydrogen) atoms. The molecule has 0 saturated heterocycles. The lowest BCUT2D eigenvalue weighted by atomic mass is 10.1. The van der Waals surface area contributed by atoms with E-state index in [1.807, 2.05) is 43.3 Å². The van der Waals surface area contributed by atoms with Gasteiger partial charge in [0.2, 0.25) is 5.89 Å². The molecule has 0 radical (unpaired) electrons. The number of nitrogens with zero attached hydrogens (tertiary/aromatic N) is 1. The molecular weight excluding hydrogens is 307 g/mol. The Hall–Kier alpha value is -1.55. The molecule has 5 heteroatoms. The van der Waals surface area contributed by atoms with Crippen LogP contribution in [0.5, 0.6) is 0 Å². The third-order valence-corrected chi connectivity index (χ3v) is 3.89. The summed E-state index contributed by atoms with van der Waals surface area (Å²) < 4.78 is 5.68. The first-order valence-corrected chi connectivity index (χ1v) is 7.42. The number of benzene rings is 2. The fourth-order valence-corrected chi connectivity index (χ4v) is 2.77. The van der Waals surface area contributed by atoms with Gasteiger partial charge in [-0.05, 0) is 36.8 Å². The zero-order valence-electron chi connectivity index (χ0n) is 11.4. The molecule has 108 valence electrons. The van der Waals surface area contributed by atoms with E-state index in [0.717, 1.165) is 16.7 Å². The second-order valence-corrected chi connectivity index (χ2v) is 5.69. The molecule has 0 aliphatic carbocycles. The Morgan fingerprint density at radius 2 is 2.00 bits per heavy atom. The van der Waals surface area contributed by atoms with Crippen molar-refractivity contribution < 1.29 is 4.42 Å². The normalized spacial score (nSPS) is 12.7. The molecule has 1 aromatic heterocycles. The minimum Gasteiger partial charge on any atom is -0.439 e. The van der Waals surface area contributed by atoms with Crippen LogP contribution < -0.4 is 5.32 Å². The highest BCUT2D eigenvalue weighted by Gasteiger charge is 2.11. The quantitative estimate of drug-likeness (QED) is 0.736. The van der Waals surface area contributed by atoms with Crippen molar-refractivity contribution in [3.05, 3.63) is 64.0 Å². The summed E-state index contributed by atoms with van der Waals surface area (Å²) in [4.78, 5) is 4.43. The minimum atomic E-state index is 0.0739. The lowest BCUT2D eigenvalue weighted by Crippen LogP contribution is -2.18. The average Bonchev–Trinajstić information content (AvgIpc) is 2.87. The maximum atomic E-state index is 6.21. The standard InChI is InChI=1S/C16H14Cl2N2O/c1-10(12-7-6-11(17)8-13(12)18)19-9-16-20-14-4-2-3-5-15(14)21-16/h2-8,10,19H,9H2,1H3. The van der Waals surface area contributed by atoms with Crippen LogP contribution in [0.1, 0.15) is 24.4 Å². The van der Waals surface area contributed by atoms with Crippen LogP contribution in [0.2, 0.25) is 10.0 Å². The summed E-state index contributed by atoms with van der Waals surface area (Å²) in [5.41, 5.74) is 2.66. The van der Waals surface area contributed by atoms with Gasteiger partial charge in [-0.3, -0.25) is 0 Å². The van der Waals surface area contributed by atoms with E-state index in [1.54, 1.807) is 6.07 Å². The average molecular weight is 321 g/mol. The summed E-state index contributed by atoms with van der Waals surface area (Å²) in [5.74, 6) is 0.660. The monoisotopic (exact) mass is 320 g/mol. The molecule has 3 rings (SSSR count). The van der Waals surface area contributed by atoms with Gasteiger partial charge in [0.1, 0.15) is 5.52 Å². The van der Waals surface area contributed by atoms with Gasteiger partial charge in [0, 0.05) is 16.1 Å². The second kappa shape index (κ2) is 6.06. The van der Waals surface area contributed by atoms with E-state index in [1.165, 1.54) is 0 Å². The summed E-state index contributed by atoms with van der Waals surface area (Å²) in [6.45, 7) is 2.58. The van der Waals surface area contributed by atoms with E-state index in [4.69, 9.17) is 27.6 Å². The van der Waals surface area contributed by atoms with Crippen LogP contribution in [0.15, 0.2) is 46.9 Å². The molecule has 0 aliphatic rings. The van der Waals surface area contributed by atoms with Crippen LogP contribution in [-0.2, 0) is 6.54 Å². The van der Waals surface area contributed by atoms with E-state index in [2.05, 4.69) is 10.3 Å². The van der Waals surface area contributed by atoms with E-state index in [-0.39, 0.29) is 6.04 Å². The van der Waals surface area contributed by atoms with Crippen LogP contribution >= 0.6 is 23.2 Å². The third-order valence-electron chi connectivity index (χ3n) is 3.33. The summed E-state index contributed by atoms with van der Waals surface area (Å²) >= 11 is 12.1. The zero-order valence-corrected chi connectivity index (χ0v) is 12.9. The maximum absolute atomic E-state index is 6.21. The molecule has 1 atom stereocenters. The van der Waals surface area contributed by atoms with Gasteiger partial charge < -0.3 is 9.73 Å². The summed E-state index contributed by atoms with van der Waals surface area (Å²) in [5, 5.41) is 4.64. The van der Waals surface area contributed by atoms with Gasteiger partial charge >= 0.3 is 0 Å². The Bertz CT molecular complexity index is 737. The van der Waals surface area contributed by atoms with Crippen LogP contribution in [0.4, 0.5) is 0 Å². The molecule has 0 amide bonds. The maximum Gasteiger partial charge on any atom is 0.209 e. The van der Waals surface area contributed by atoms with Gasteiger partial charge in [-0.1, -0.05) is 41.4 Å². The van der Waals surface area contributed by atoms with Crippen LogP contribution in [0, 0.1) is 0 Å². The smallest absolute Gasteiger partial charge is 0.209 e. The Labute approximate surface area is 132 Å². The molecule has 1 heterocycles. The lowest BCUT2D eigenvalue weighted by Gasteiger charge is -2.14. The first-order chi connectivity index (χ1) is 10.1. The topological polar surface area (TPSA) is 38.1 Å². The number of nitrogens with one attached hydrogen (secondary N) is 1. The Morgan fingerprint density at radius 1 is 1.19 bits per heavy atom. The van der Waals surface area contributed by atoms with E-state index < -0.39 is 0 Å². The number of para-hydroxylation sites is 2. The third kappa shape index (κ3) is 3.21. The Morgan fingerprint density at radius 3 is 2.76 bits per heavy atom. The highest BCUT2D eigenvalue weighted by atomic mass is 35.5. The molecule has 0 bridgehead atoms. The van der Waals surface area contributed by atoms with Crippen molar-refractivity contribution in [3.8, 4) is 0 Å². The van der Waals surface area contributed by atoms with Gasteiger partial charge in [0.15, 0.2) is 5.58 Å². The first-order valence-electron chi connectivity index (χ1n) is 6.66. The van der Waals surface area contributed by atoms with E-state index in [0.29, 0.717) is 22.5 Å². The number of hydrogen-bond acceptors (Lipinski definition) is 3.